The van der Waals surface area contributed by atoms with Gasteiger partial charge in [-0.2, -0.15) is 0 Å². The van der Waals surface area contributed by atoms with Crippen LogP contribution in [0, 0.1) is 0 Å². The predicted octanol–water partition coefficient (Wildman–Crippen LogP) is 3.91. The smallest absolute Gasteiger partial charge is 0.254 e. The number of carbonyl (C=O) groups is 2. The van der Waals surface area contributed by atoms with Crippen LogP contribution in [0.1, 0.15) is 34.6 Å². The quantitative estimate of drug-likeness (QED) is 0.668. The number of nitrogens with zero attached hydrogens (tertiary/aromatic N) is 2. The fourth-order valence-corrected chi connectivity index (χ4v) is 3.65. The van der Waals surface area contributed by atoms with Crippen LogP contribution in [0.5, 0.6) is 11.5 Å². The van der Waals surface area contributed by atoms with Gasteiger partial charge < -0.3 is 19.3 Å². The number of methoxy groups -OCH3 is 1. The van der Waals surface area contributed by atoms with Crippen LogP contribution in [0.25, 0.3) is 0 Å². The maximum Gasteiger partial charge on any atom is 0.254 e. The van der Waals surface area contributed by atoms with Gasteiger partial charge in [-0.3, -0.25) is 9.59 Å². The average molecular weight is 417 g/mol. The average Bonchev–Trinajstić information content (AvgIpc) is 2.74. The Hall–Kier alpha value is -2.73. The molecule has 2 aromatic rings. The van der Waals surface area contributed by atoms with Gasteiger partial charge in [-0.25, -0.2) is 0 Å². The summed E-state index contributed by atoms with van der Waals surface area (Å²) >= 11 is 6.31. The number of hydrogen-bond donors (Lipinski definition) is 0. The third-order valence-corrected chi connectivity index (χ3v) is 5.25. The Labute approximate surface area is 176 Å². The first kappa shape index (κ1) is 21.0. The van der Waals surface area contributed by atoms with E-state index in [2.05, 4.69) is 4.90 Å². The van der Waals surface area contributed by atoms with Gasteiger partial charge in [0.25, 0.3) is 5.91 Å². The number of carbonyl (C=O) groups excluding carboxylic acids is 2. The van der Waals surface area contributed by atoms with Gasteiger partial charge in [0.05, 0.1) is 18.7 Å². The van der Waals surface area contributed by atoms with Gasteiger partial charge in [-0.15, -0.1) is 0 Å². The SMILES string of the molecule is CCOc1c(Cl)cc(C(=O)N2CCN(c3ccc(C(C)=O)cc3)CC2)cc1OC. The summed E-state index contributed by atoms with van der Waals surface area (Å²) in [4.78, 5) is 28.4. The van der Waals surface area contributed by atoms with Crippen LogP contribution < -0.4 is 14.4 Å². The molecule has 0 aliphatic carbocycles. The van der Waals surface area contributed by atoms with Crippen LogP contribution in [-0.2, 0) is 0 Å². The number of halogens is 1. The Balaban J connectivity index is 1.68. The van der Waals surface area contributed by atoms with Crippen LogP contribution in [-0.4, -0.2) is 56.5 Å². The molecule has 1 aliphatic heterocycles. The second-order valence-electron chi connectivity index (χ2n) is 6.80. The third kappa shape index (κ3) is 4.65. The first-order valence-corrected chi connectivity index (χ1v) is 9.98. The lowest BCUT2D eigenvalue weighted by Gasteiger charge is -2.36. The number of hydrogen-bond acceptors (Lipinski definition) is 5. The molecule has 154 valence electrons. The Morgan fingerprint density at radius 1 is 1.03 bits per heavy atom. The van der Waals surface area contributed by atoms with Gasteiger partial charge in [-0.05, 0) is 50.2 Å². The van der Waals surface area contributed by atoms with Crippen molar-refractivity contribution in [3.05, 3.63) is 52.5 Å². The van der Waals surface area contributed by atoms with Crippen LogP contribution in [0.2, 0.25) is 5.02 Å². The minimum Gasteiger partial charge on any atom is -0.493 e. The lowest BCUT2D eigenvalue weighted by molar-refractivity contribution is 0.0746. The lowest BCUT2D eigenvalue weighted by Crippen LogP contribution is -2.48. The maximum atomic E-state index is 13.0. The number of ketones is 1. The van der Waals surface area contributed by atoms with Gasteiger partial charge in [0, 0.05) is 43.0 Å². The van der Waals surface area contributed by atoms with Crippen molar-refractivity contribution in [2.75, 3.05) is 44.8 Å². The highest BCUT2D eigenvalue weighted by molar-refractivity contribution is 6.32. The van der Waals surface area contributed by atoms with E-state index in [1.54, 1.807) is 19.1 Å². The molecule has 2 aromatic carbocycles. The Bertz CT molecular complexity index is 890. The zero-order valence-electron chi connectivity index (χ0n) is 16.9. The topological polar surface area (TPSA) is 59.1 Å². The van der Waals surface area contributed by atoms with Crippen molar-refractivity contribution in [1.82, 2.24) is 4.90 Å². The molecule has 7 heteroatoms. The van der Waals surface area contributed by atoms with Crippen molar-refractivity contribution in [3.8, 4) is 11.5 Å². The van der Waals surface area contributed by atoms with E-state index >= 15 is 0 Å². The zero-order chi connectivity index (χ0) is 21.0. The van der Waals surface area contributed by atoms with Crippen LogP contribution >= 0.6 is 11.6 Å². The first-order valence-electron chi connectivity index (χ1n) is 9.60. The maximum absolute atomic E-state index is 13.0. The molecular weight excluding hydrogens is 392 g/mol. The summed E-state index contributed by atoms with van der Waals surface area (Å²) in [6.45, 7) is 6.50. The van der Waals surface area contributed by atoms with Gasteiger partial charge in [0.1, 0.15) is 0 Å². The molecule has 0 bridgehead atoms. The largest absolute Gasteiger partial charge is 0.493 e. The summed E-state index contributed by atoms with van der Waals surface area (Å²) in [7, 11) is 1.53. The van der Waals surface area contributed by atoms with Crippen molar-refractivity contribution in [2.45, 2.75) is 13.8 Å². The normalized spacial score (nSPS) is 13.9. The molecule has 1 fully saturated rings. The van der Waals surface area contributed by atoms with E-state index in [4.69, 9.17) is 21.1 Å². The van der Waals surface area contributed by atoms with E-state index in [1.165, 1.54) is 7.11 Å². The lowest BCUT2D eigenvalue weighted by atomic mass is 10.1. The summed E-state index contributed by atoms with van der Waals surface area (Å²) < 4.78 is 10.9. The van der Waals surface area contributed by atoms with Crippen LogP contribution in [0.15, 0.2) is 36.4 Å². The number of benzene rings is 2. The summed E-state index contributed by atoms with van der Waals surface area (Å²) in [5, 5.41) is 0.360. The molecule has 0 unspecified atom stereocenters. The van der Waals surface area contributed by atoms with Crippen molar-refractivity contribution >= 4 is 29.0 Å². The van der Waals surface area contributed by atoms with Gasteiger partial charge in [0.15, 0.2) is 17.3 Å². The number of ether oxygens (including phenoxy) is 2. The van der Waals surface area contributed by atoms with Gasteiger partial charge >= 0.3 is 0 Å². The van der Waals surface area contributed by atoms with Crippen molar-refractivity contribution in [1.29, 1.82) is 0 Å². The molecule has 0 spiro atoms. The molecule has 0 N–H and O–H groups in total. The van der Waals surface area contributed by atoms with Gasteiger partial charge in [-0.1, -0.05) is 11.6 Å². The zero-order valence-corrected chi connectivity index (χ0v) is 17.7. The molecule has 0 atom stereocenters. The Morgan fingerprint density at radius 2 is 1.69 bits per heavy atom. The predicted molar refractivity (Wildman–Crippen MR) is 114 cm³/mol. The number of rotatable bonds is 6. The molecule has 0 radical (unpaired) electrons. The standard InChI is InChI=1S/C22H25ClN2O4/c1-4-29-21-19(23)13-17(14-20(21)28-3)22(27)25-11-9-24(10-12-25)18-7-5-16(6-8-18)15(2)26/h5-8,13-14H,4,9-12H2,1-3H3. The summed E-state index contributed by atoms with van der Waals surface area (Å²) in [5.41, 5.74) is 2.23. The first-order chi connectivity index (χ1) is 13.9. The molecule has 29 heavy (non-hydrogen) atoms. The number of amides is 1. The van der Waals surface area contributed by atoms with E-state index in [0.717, 1.165) is 5.69 Å². The molecule has 1 aliphatic rings. The minimum absolute atomic E-state index is 0.0522. The highest BCUT2D eigenvalue weighted by Gasteiger charge is 2.24. The van der Waals surface area contributed by atoms with E-state index in [-0.39, 0.29) is 11.7 Å². The Morgan fingerprint density at radius 3 is 2.24 bits per heavy atom. The van der Waals surface area contributed by atoms with Crippen molar-refractivity contribution in [3.63, 3.8) is 0 Å². The molecule has 6 nitrogen and oxygen atoms in total. The third-order valence-electron chi connectivity index (χ3n) is 4.97. The monoisotopic (exact) mass is 416 g/mol. The van der Waals surface area contributed by atoms with Crippen LogP contribution in [0.4, 0.5) is 5.69 Å². The molecule has 0 aromatic heterocycles. The molecule has 1 heterocycles. The Kier molecular flexibility index (Phi) is 6.64. The molecule has 3 rings (SSSR count). The molecule has 1 amide bonds. The van der Waals surface area contributed by atoms with Crippen LogP contribution in [0.3, 0.4) is 0 Å². The van der Waals surface area contributed by atoms with Crippen molar-refractivity contribution < 1.29 is 19.1 Å². The highest BCUT2D eigenvalue weighted by atomic mass is 35.5. The van der Waals surface area contributed by atoms with E-state index in [0.29, 0.717) is 60.4 Å². The van der Waals surface area contributed by atoms with Gasteiger partial charge in [0.2, 0.25) is 0 Å². The van der Waals surface area contributed by atoms with Crippen molar-refractivity contribution in [2.24, 2.45) is 0 Å². The second-order valence-corrected chi connectivity index (χ2v) is 7.21. The minimum atomic E-state index is -0.0835. The highest BCUT2D eigenvalue weighted by Crippen LogP contribution is 2.36. The summed E-state index contributed by atoms with van der Waals surface area (Å²) in [6, 6.07) is 10.9. The second kappa shape index (κ2) is 9.18. The van der Waals surface area contributed by atoms with E-state index in [1.807, 2.05) is 36.1 Å². The number of piperazine rings is 1. The summed E-state index contributed by atoms with van der Waals surface area (Å²) in [6.07, 6.45) is 0. The number of Topliss-reactive ketones (excluding diaryl/α,β-unsaturated/α-hetero) is 1. The molecule has 0 saturated carbocycles. The van der Waals surface area contributed by atoms with E-state index in [9.17, 15) is 9.59 Å². The molecule has 1 saturated heterocycles. The molecular formula is C22H25ClN2O4. The summed E-state index contributed by atoms with van der Waals surface area (Å²) in [5.74, 6) is 0.871. The fraction of sp³-hybridized carbons (Fsp3) is 0.364. The van der Waals surface area contributed by atoms with E-state index < -0.39 is 0 Å². The fourth-order valence-electron chi connectivity index (χ4n) is 3.38. The number of anilines is 1.